The third-order valence-corrected chi connectivity index (χ3v) is 6.77. The highest BCUT2D eigenvalue weighted by Gasteiger charge is 2.24. The van der Waals surface area contributed by atoms with Crippen LogP contribution in [0.5, 0.6) is 17.2 Å². The van der Waals surface area contributed by atoms with Gasteiger partial charge in [0.15, 0.2) is 16.6 Å². The first-order valence-electron chi connectivity index (χ1n) is 10.7. The first kappa shape index (κ1) is 26.7. The van der Waals surface area contributed by atoms with Gasteiger partial charge in [0.25, 0.3) is 5.91 Å². The average Bonchev–Trinajstić information content (AvgIpc) is 3.27. The fraction of sp³-hybridized carbons (Fsp3) is 0.417. The van der Waals surface area contributed by atoms with Gasteiger partial charge in [0.1, 0.15) is 11.3 Å². The Hall–Kier alpha value is -2.55. The van der Waals surface area contributed by atoms with Gasteiger partial charge < -0.3 is 19.1 Å². The normalized spacial score (nSPS) is 10.8. The summed E-state index contributed by atoms with van der Waals surface area (Å²) in [4.78, 5) is 22.5. The van der Waals surface area contributed by atoms with Crippen molar-refractivity contribution < 1.29 is 19.0 Å². The van der Waals surface area contributed by atoms with Crippen LogP contribution in [0.2, 0.25) is 0 Å². The summed E-state index contributed by atoms with van der Waals surface area (Å²) in [5, 5.41) is 0.652. The van der Waals surface area contributed by atoms with Crippen LogP contribution in [0.3, 0.4) is 0 Å². The number of hydrogen-bond acceptors (Lipinski definition) is 7. The zero-order valence-corrected chi connectivity index (χ0v) is 21.6. The minimum Gasteiger partial charge on any atom is -0.494 e. The molecular formula is C24H32ClN3O4S. The van der Waals surface area contributed by atoms with Crippen molar-refractivity contribution in [3.8, 4) is 17.2 Å². The van der Waals surface area contributed by atoms with Gasteiger partial charge in [-0.05, 0) is 49.8 Å². The Morgan fingerprint density at radius 2 is 1.58 bits per heavy atom. The molecule has 180 valence electrons. The Balaban J connectivity index is 0.00000385. The number of carbonyl (C=O) groups excluding carboxylic acids is 1. The van der Waals surface area contributed by atoms with Crippen LogP contribution in [-0.2, 0) is 0 Å². The van der Waals surface area contributed by atoms with E-state index in [0.29, 0.717) is 34.5 Å². The molecule has 3 rings (SSSR count). The second-order valence-corrected chi connectivity index (χ2v) is 8.29. The van der Waals surface area contributed by atoms with Crippen molar-refractivity contribution in [1.29, 1.82) is 0 Å². The van der Waals surface area contributed by atoms with Crippen molar-refractivity contribution in [1.82, 2.24) is 9.88 Å². The summed E-state index contributed by atoms with van der Waals surface area (Å²) in [6.45, 7) is 9.39. The van der Waals surface area contributed by atoms with E-state index >= 15 is 0 Å². The van der Waals surface area contributed by atoms with Gasteiger partial charge in [0.05, 0.1) is 26.0 Å². The molecule has 7 nitrogen and oxygen atoms in total. The number of amides is 1. The van der Waals surface area contributed by atoms with E-state index in [0.717, 1.165) is 35.4 Å². The topological polar surface area (TPSA) is 64.1 Å². The number of rotatable bonds is 10. The second kappa shape index (κ2) is 12.1. The van der Waals surface area contributed by atoms with E-state index in [2.05, 4.69) is 18.7 Å². The van der Waals surface area contributed by atoms with E-state index in [1.807, 2.05) is 19.1 Å². The van der Waals surface area contributed by atoms with Gasteiger partial charge in [0, 0.05) is 18.7 Å². The molecule has 0 bridgehead atoms. The lowest BCUT2D eigenvalue weighted by Gasteiger charge is -2.25. The number of aromatic nitrogens is 1. The van der Waals surface area contributed by atoms with Gasteiger partial charge in [0.2, 0.25) is 0 Å². The van der Waals surface area contributed by atoms with E-state index in [9.17, 15) is 4.79 Å². The second-order valence-electron chi connectivity index (χ2n) is 7.31. The van der Waals surface area contributed by atoms with E-state index in [1.165, 1.54) is 11.3 Å². The molecule has 0 unspecified atom stereocenters. The number of halogens is 1. The van der Waals surface area contributed by atoms with Crippen LogP contribution in [0.25, 0.3) is 10.2 Å². The number of methoxy groups -OCH3 is 3. The van der Waals surface area contributed by atoms with Gasteiger partial charge in [-0.1, -0.05) is 31.3 Å². The number of fused-ring (bicyclic) bond motifs is 1. The minimum absolute atomic E-state index is 0. The molecular weight excluding hydrogens is 462 g/mol. The van der Waals surface area contributed by atoms with Gasteiger partial charge in [-0.3, -0.25) is 9.69 Å². The number of carbonyl (C=O) groups is 1. The lowest BCUT2D eigenvalue weighted by atomic mass is 10.1. The molecule has 9 heteroatoms. The molecule has 3 aromatic rings. The SMILES string of the molecule is CCN(CC)CCN(C(=O)c1ccc(OC)c(OC)c1)c1nc2c(OC)ccc(C)c2s1.Cl. The molecule has 0 N–H and O–H groups in total. The minimum atomic E-state index is -0.131. The molecule has 1 amide bonds. The summed E-state index contributed by atoms with van der Waals surface area (Å²) in [6, 6.07) is 9.15. The maximum absolute atomic E-state index is 13.7. The molecule has 0 saturated carbocycles. The number of nitrogens with zero attached hydrogens (tertiary/aromatic N) is 3. The Kier molecular flexibility index (Phi) is 9.76. The molecule has 2 aromatic carbocycles. The first-order valence-corrected chi connectivity index (χ1v) is 11.5. The summed E-state index contributed by atoms with van der Waals surface area (Å²) in [6.07, 6.45) is 0. The van der Waals surface area contributed by atoms with Crippen LogP contribution in [0, 0.1) is 6.92 Å². The van der Waals surface area contributed by atoms with E-state index in [-0.39, 0.29) is 18.3 Å². The third-order valence-electron chi connectivity index (χ3n) is 5.55. The van der Waals surface area contributed by atoms with E-state index < -0.39 is 0 Å². The van der Waals surface area contributed by atoms with E-state index in [1.54, 1.807) is 44.4 Å². The van der Waals surface area contributed by atoms with Crippen LogP contribution in [0.1, 0.15) is 29.8 Å². The van der Waals surface area contributed by atoms with E-state index in [4.69, 9.17) is 19.2 Å². The summed E-state index contributed by atoms with van der Waals surface area (Å²) in [5.74, 6) is 1.67. The molecule has 1 heterocycles. The Morgan fingerprint density at radius 1 is 0.939 bits per heavy atom. The molecule has 1 aromatic heterocycles. The average molecular weight is 494 g/mol. The summed E-state index contributed by atoms with van der Waals surface area (Å²) in [5.41, 5.74) is 2.40. The highest BCUT2D eigenvalue weighted by Crippen LogP contribution is 2.37. The molecule has 0 radical (unpaired) electrons. The molecule has 0 spiro atoms. The van der Waals surface area contributed by atoms with Crippen molar-refractivity contribution in [2.45, 2.75) is 20.8 Å². The smallest absolute Gasteiger partial charge is 0.260 e. The largest absolute Gasteiger partial charge is 0.494 e. The number of benzene rings is 2. The molecule has 0 atom stereocenters. The quantitative estimate of drug-likeness (QED) is 0.394. The molecule has 33 heavy (non-hydrogen) atoms. The number of anilines is 1. The van der Waals surface area contributed by atoms with Crippen LogP contribution in [0.4, 0.5) is 5.13 Å². The number of thiazole rings is 1. The van der Waals surface area contributed by atoms with Crippen molar-refractivity contribution in [2.75, 3.05) is 52.4 Å². The van der Waals surface area contributed by atoms with Gasteiger partial charge in [-0.15, -0.1) is 12.4 Å². The van der Waals surface area contributed by atoms with Crippen LogP contribution >= 0.6 is 23.7 Å². The predicted molar refractivity (Wildman–Crippen MR) is 137 cm³/mol. The highest BCUT2D eigenvalue weighted by molar-refractivity contribution is 7.22. The zero-order chi connectivity index (χ0) is 23.3. The number of aryl methyl sites for hydroxylation is 1. The Bertz CT molecular complexity index is 1090. The Labute approximate surface area is 205 Å². The molecule has 0 aliphatic rings. The van der Waals surface area contributed by atoms with Crippen molar-refractivity contribution in [2.24, 2.45) is 0 Å². The van der Waals surface area contributed by atoms with Crippen LogP contribution in [0.15, 0.2) is 30.3 Å². The highest BCUT2D eigenvalue weighted by atomic mass is 35.5. The van der Waals surface area contributed by atoms with Crippen LogP contribution < -0.4 is 19.1 Å². The maximum atomic E-state index is 13.7. The first-order chi connectivity index (χ1) is 15.5. The third kappa shape index (κ3) is 5.69. The van der Waals surface area contributed by atoms with Crippen molar-refractivity contribution in [3.05, 3.63) is 41.5 Å². The molecule has 0 fully saturated rings. The fourth-order valence-corrected chi connectivity index (χ4v) is 4.64. The Morgan fingerprint density at radius 3 is 2.18 bits per heavy atom. The van der Waals surface area contributed by atoms with Gasteiger partial charge in [-0.25, -0.2) is 4.98 Å². The molecule has 0 aliphatic carbocycles. The van der Waals surface area contributed by atoms with Gasteiger partial charge >= 0.3 is 0 Å². The standard InChI is InChI=1S/C24H31N3O4S.ClH/c1-7-26(8-2)13-14-27(23(28)17-10-12-18(29-4)20(15-17)31-6)24-25-21-19(30-5)11-9-16(3)22(21)32-24;/h9-12,15H,7-8,13-14H2,1-6H3;1H. The summed E-state index contributed by atoms with van der Waals surface area (Å²) < 4.78 is 17.3. The zero-order valence-electron chi connectivity index (χ0n) is 20.0. The fourth-order valence-electron chi connectivity index (χ4n) is 3.57. The van der Waals surface area contributed by atoms with Crippen LogP contribution in [-0.4, -0.2) is 63.3 Å². The lowest BCUT2D eigenvalue weighted by molar-refractivity contribution is 0.0983. The number of hydrogen-bond donors (Lipinski definition) is 0. The van der Waals surface area contributed by atoms with Gasteiger partial charge in [-0.2, -0.15) is 0 Å². The lowest BCUT2D eigenvalue weighted by Crippen LogP contribution is -2.38. The summed E-state index contributed by atoms with van der Waals surface area (Å²) >= 11 is 1.51. The predicted octanol–water partition coefficient (Wildman–Crippen LogP) is 5.04. The molecule has 0 saturated heterocycles. The summed E-state index contributed by atoms with van der Waals surface area (Å²) in [7, 11) is 4.77. The monoisotopic (exact) mass is 493 g/mol. The molecule has 0 aliphatic heterocycles. The maximum Gasteiger partial charge on any atom is 0.260 e. The number of ether oxygens (including phenoxy) is 3. The van der Waals surface area contributed by atoms with Crippen molar-refractivity contribution >= 4 is 45.0 Å². The number of likely N-dealkylation sites (N-methyl/N-ethyl adjacent to an activating group) is 1. The van der Waals surface area contributed by atoms with Crippen molar-refractivity contribution in [3.63, 3.8) is 0 Å².